The molecule has 2 aromatic heterocycles. The van der Waals surface area contributed by atoms with Crippen molar-refractivity contribution in [2.75, 3.05) is 4.90 Å². The fraction of sp³-hybridized carbons (Fsp3) is 0. The zero-order chi connectivity index (χ0) is 22.1. The van der Waals surface area contributed by atoms with Crippen molar-refractivity contribution in [2.45, 2.75) is 0 Å². The quantitative estimate of drug-likeness (QED) is 0.377. The molecule has 0 aliphatic carbocycles. The second-order valence-corrected chi connectivity index (χ2v) is 7.42. The van der Waals surface area contributed by atoms with E-state index in [1.807, 2.05) is 48.7 Å². The number of para-hydroxylation sites is 2. The van der Waals surface area contributed by atoms with Crippen LogP contribution >= 0.6 is 12.2 Å². The number of thiocarbonyl (C=S) groups is 1. The van der Waals surface area contributed by atoms with E-state index in [1.165, 1.54) is 12.1 Å². The van der Waals surface area contributed by atoms with Crippen LogP contribution in [0.3, 0.4) is 0 Å². The van der Waals surface area contributed by atoms with Crippen molar-refractivity contribution in [1.29, 1.82) is 0 Å². The average molecular weight is 441 g/mol. The Morgan fingerprint density at radius 2 is 1.69 bits per heavy atom. The van der Waals surface area contributed by atoms with Gasteiger partial charge in [0.25, 0.3) is 5.91 Å². The van der Waals surface area contributed by atoms with E-state index in [1.54, 1.807) is 35.3 Å². The van der Waals surface area contributed by atoms with Crippen LogP contribution in [-0.2, 0) is 4.79 Å². The molecule has 1 aliphatic heterocycles. The highest BCUT2D eigenvalue weighted by Crippen LogP contribution is 2.28. The maximum Gasteiger partial charge on any atom is 0.281 e. The fourth-order valence-corrected chi connectivity index (χ4v) is 3.77. The summed E-state index contributed by atoms with van der Waals surface area (Å²) < 4.78 is 16.0. The first-order chi connectivity index (χ1) is 15.6. The van der Waals surface area contributed by atoms with Crippen molar-refractivity contribution < 1.29 is 9.18 Å². The maximum absolute atomic E-state index is 14.3. The predicted molar refractivity (Wildman–Crippen MR) is 124 cm³/mol. The molecule has 1 fully saturated rings. The van der Waals surface area contributed by atoms with E-state index in [4.69, 9.17) is 17.3 Å². The monoisotopic (exact) mass is 441 g/mol. The number of rotatable bonds is 4. The molecule has 32 heavy (non-hydrogen) atoms. The largest absolute Gasteiger partial charge is 0.327 e. The molecule has 3 heterocycles. The van der Waals surface area contributed by atoms with E-state index in [9.17, 15) is 9.18 Å². The Morgan fingerprint density at radius 1 is 0.969 bits per heavy atom. The number of nitrogens with zero attached hydrogens (tertiary/aromatic N) is 4. The lowest BCUT2D eigenvalue weighted by atomic mass is 10.1. The van der Waals surface area contributed by atoms with Gasteiger partial charge in [0, 0.05) is 29.7 Å². The molecule has 0 spiro atoms. The number of halogens is 1. The fourth-order valence-electron chi connectivity index (χ4n) is 3.48. The summed E-state index contributed by atoms with van der Waals surface area (Å²) in [6, 6.07) is 19.4. The van der Waals surface area contributed by atoms with Gasteiger partial charge in [-0.2, -0.15) is 5.10 Å². The number of aromatic nitrogens is 3. The third kappa shape index (κ3) is 3.57. The van der Waals surface area contributed by atoms with Crippen LogP contribution in [0.15, 0.2) is 91.0 Å². The number of hydrogen-bond donors (Lipinski definition) is 1. The topological polar surface area (TPSA) is 63.1 Å². The minimum Gasteiger partial charge on any atom is -0.327 e. The number of amides is 1. The van der Waals surface area contributed by atoms with Crippen LogP contribution in [0.2, 0.25) is 0 Å². The zero-order valence-electron chi connectivity index (χ0n) is 16.6. The highest BCUT2D eigenvalue weighted by molar-refractivity contribution is 7.80. The summed E-state index contributed by atoms with van der Waals surface area (Å²) in [5.74, 6) is -0.964. The summed E-state index contributed by atoms with van der Waals surface area (Å²) in [5, 5.41) is 7.75. The number of anilines is 1. The number of pyridine rings is 1. The van der Waals surface area contributed by atoms with E-state index >= 15 is 0 Å². The molecule has 8 heteroatoms. The van der Waals surface area contributed by atoms with Gasteiger partial charge in [0.1, 0.15) is 17.2 Å². The Kier molecular flexibility index (Phi) is 5.04. The van der Waals surface area contributed by atoms with Crippen molar-refractivity contribution >= 4 is 35.0 Å². The Labute approximate surface area is 188 Å². The Balaban J connectivity index is 1.59. The maximum atomic E-state index is 14.3. The molecular formula is C24H16FN5OS. The van der Waals surface area contributed by atoms with Gasteiger partial charge in [0.2, 0.25) is 0 Å². The molecule has 1 N–H and O–H groups in total. The number of hydrogen-bond acceptors (Lipinski definition) is 4. The molecule has 1 saturated heterocycles. The first kappa shape index (κ1) is 19.8. The van der Waals surface area contributed by atoms with Crippen LogP contribution in [0.25, 0.3) is 23.0 Å². The average Bonchev–Trinajstić information content (AvgIpc) is 3.36. The van der Waals surface area contributed by atoms with Gasteiger partial charge in [-0.15, -0.1) is 0 Å². The van der Waals surface area contributed by atoms with E-state index < -0.39 is 11.7 Å². The number of nitrogens with one attached hydrogen (secondary N) is 1. The Hall–Kier alpha value is -4.17. The normalized spacial score (nSPS) is 14.8. The van der Waals surface area contributed by atoms with Gasteiger partial charge in [-0.25, -0.2) is 14.0 Å². The van der Waals surface area contributed by atoms with Crippen LogP contribution in [-0.4, -0.2) is 25.8 Å². The third-order valence-electron chi connectivity index (χ3n) is 4.99. The summed E-state index contributed by atoms with van der Waals surface area (Å²) >= 11 is 5.32. The molecule has 1 aliphatic rings. The second kappa shape index (κ2) is 8.16. The first-order valence-corrected chi connectivity index (χ1v) is 10.2. The van der Waals surface area contributed by atoms with E-state index in [0.717, 1.165) is 16.2 Å². The third-order valence-corrected chi connectivity index (χ3v) is 5.27. The highest BCUT2D eigenvalue weighted by atomic mass is 32.1. The SMILES string of the molecule is O=C1/C(=C/c2cn(-c3ccccc3)nc2-c2ccncc2)NC(=S)N1c1ccccc1F. The minimum absolute atomic E-state index is 0.104. The number of carbonyl (C=O) groups is 1. The molecule has 0 bridgehead atoms. The van der Waals surface area contributed by atoms with Crippen molar-refractivity contribution in [2.24, 2.45) is 0 Å². The van der Waals surface area contributed by atoms with Gasteiger partial charge >= 0.3 is 0 Å². The summed E-state index contributed by atoms with van der Waals surface area (Å²) in [7, 11) is 0. The summed E-state index contributed by atoms with van der Waals surface area (Å²) in [4.78, 5) is 18.3. The minimum atomic E-state index is -0.527. The van der Waals surface area contributed by atoms with Crippen molar-refractivity contribution in [3.63, 3.8) is 0 Å². The summed E-state index contributed by atoms with van der Waals surface area (Å²) in [6.45, 7) is 0. The molecule has 4 aromatic rings. The van der Waals surface area contributed by atoms with Crippen LogP contribution in [0.4, 0.5) is 10.1 Å². The van der Waals surface area contributed by atoms with E-state index in [2.05, 4.69) is 10.3 Å². The molecule has 2 aromatic carbocycles. The first-order valence-electron chi connectivity index (χ1n) is 9.79. The summed E-state index contributed by atoms with van der Waals surface area (Å²) in [6.07, 6.45) is 6.88. The van der Waals surface area contributed by atoms with Crippen LogP contribution in [0.1, 0.15) is 5.56 Å². The van der Waals surface area contributed by atoms with Crippen molar-refractivity contribution in [3.8, 4) is 16.9 Å². The molecule has 1 amide bonds. The van der Waals surface area contributed by atoms with Crippen LogP contribution < -0.4 is 10.2 Å². The molecule has 6 nitrogen and oxygen atoms in total. The Bertz CT molecular complexity index is 1350. The lowest BCUT2D eigenvalue weighted by molar-refractivity contribution is -0.113. The lowest BCUT2D eigenvalue weighted by Gasteiger charge is -2.14. The van der Waals surface area contributed by atoms with Crippen molar-refractivity contribution in [3.05, 3.63) is 102 Å². The predicted octanol–water partition coefficient (Wildman–Crippen LogP) is 4.34. The lowest BCUT2D eigenvalue weighted by Crippen LogP contribution is -2.31. The molecule has 0 saturated carbocycles. The van der Waals surface area contributed by atoms with Gasteiger partial charge in [-0.05, 0) is 54.7 Å². The number of carbonyl (C=O) groups excluding carboxylic acids is 1. The van der Waals surface area contributed by atoms with Crippen LogP contribution in [0, 0.1) is 5.82 Å². The molecule has 5 rings (SSSR count). The van der Waals surface area contributed by atoms with Gasteiger partial charge in [-0.1, -0.05) is 30.3 Å². The molecule has 156 valence electrons. The molecule has 0 radical (unpaired) electrons. The smallest absolute Gasteiger partial charge is 0.281 e. The molecular weight excluding hydrogens is 425 g/mol. The molecule has 0 unspecified atom stereocenters. The van der Waals surface area contributed by atoms with Crippen molar-refractivity contribution in [1.82, 2.24) is 20.1 Å². The second-order valence-electron chi connectivity index (χ2n) is 7.03. The van der Waals surface area contributed by atoms with E-state index in [-0.39, 0.29) is 16.5 Å². The van der Waals surface area contributed by atoms with Gasteiger partial charge < -0.3 is 5.32 Å². The van der Waals surface area contributed by atoms with Gasteiger partial charge in [0.05, 0.1) is 11.4 Å². The zero-order valence-corrected chi connectivity index (χ0v) is 17.5. The van der Waals surface area contributed by atoms with Gasteiger partial charge in [0.15, 0.2) is 5.11 Å². The standard InChI is InChI=1S/C24H16FN5OS/c25-19-8-4-5-9-21(19)30-23(31)20(27-24(30)32)14-17-15-29(18-6-2-1-3-7-18)28-22(17)16-10-12-26-13-11-16/h1-15H,(H,27,32)/b20-14-. The number of benzene rings is 2. The Morgan fingerprint density at radius 3 is 2.44 bits per heavy atom. The van der Waals surface area contributed by atoms with Gasteiger partial charge in [-0.3, -0.25) is 9.78 Å². The molecule has 0 atom stereocenters. The van der Waals surface area contributed by atoms with Crippen LogP contribution in [0.5, 0.6) is 0 Å². The highest BCUT2D eigenvalue weighted by Gasteiger charge is 2.33. The van der Waals surface area contributed by atoms with E-state index in [0.29, 0.717) is 11.3 Å². The summed E-state index contributed by atoms with van der Waals surface area (Å²) in [5.41, 5.74) is 3.44.